The second kappa shape index (κ2) is 7.33. The smallest absolute Gasteiger partial charge is 0.255 e. The Balaban J connectivity index is 0.00000200. The Morgan fingerprint density at radius 3 is 2.45 bits per heavy atom. The average molecular weight is 413 g/mol. The van der Waals surface area contributed by atoms with Gasteiger partial charge in [-0.25, -0.2) is 0 Å². The highest BCUT2D eigenvalue weighted by molar-refractivity contribution is 14.1. The first-order chi connectivity index (χ1) is 9.06. The van der Waals surface area contributed by atoms with Crippen molar-refractivity contribution >= 4 is 40.9 Å². The molecule has 1 aromatic rings. The van der Waals surface area contributed by atoms with Crippen molar-refractivity contribution in [2.75, 3.05) is 27.3 Å². The van der Waals surface area contributed by atoms with Crippen molar-refractivity contribution in [3.05, 3.63) is 21.3 Å². The predicted octanol–water partition coefficient (Wildman–Crippen LogP) is 1.90. The molecule has 0 radical (unpaired) electrons. The van der Waals surface area contributed by atoms with E-state index in [2.05, 4.69) is 22.6 Å². The zero-order valence-corrected chi connectivity index (χ0v) is 14.4. The fourth-order valence-corrected chi connectivity index (χ4v) is 2.83. The highest BCUT2D eigenvalue weighted by Gasteiger charge is 2.26. The Morgan fingerprint density at radius 1 is 1.35 bits per heavy atom. The fraction of sp³-hybridized carbons (Fsp3) is 0.462. The van der Waals surface area contributed by atoms with Crippen LogP contribution in [0.1, 0.15) is 16.8 Å². The number of hydrogen-bond donors (Lipinski definition) is 1. The molecule has 112 valence electrons. The van der Waals surface area contributed by atoms with Crippen LogP contribution in [-0.2, 0) is 0 Å². The highest BCUT2D eigenvalue weighted by atomic mass is 127. The maximum atomic E-state index is 12.5. The molecule has 1 fully saturated rings. The summed E-state index contributed by atoms with van der Waals surface area (Å²) in [6, 6.07) is 3.62. The number of carbonyl (C=O) groups excluding carboxylic acids is 1. The second-order valence-corrected chi connectivity index (χ2v) is 5.65. The number of amides is 1. The van der Waals surface area contributed by atoms with Crippen molar-refractivity contribution < 1.29 is 14.3 Å². The summed E-state index contributed by atoms with van der Waals surface area (Å²) in [6.07, 6.45) is 0.857. The molecule has 20 heavy (non-hydrogen) atoms. The van der Waals surface area contributed by atoms with Gasteiger partial charge in [-0.05, 0) is 41.1 Å². The van der Waals surface area contributed by atoms with Crippen molar-refractivity contribution in [1.82, 2.24) is 4.90 Å². The van der Waals surface area contributed by atoms with Crippen LogP contribution in [0.4, 0.5) is 0 Å². The van der Waals surface area contributed by atoms with Crippen LogP contribution >= 0.6 is 35.0 Å². The van der Waals surface area contributed by atoms with Crippen molar-refractivity contribution in [2.45, 2.75) is 12.5 Å². The zero-order valence-electron chi connectivity index (χ0n) is 11.4. The number of methoxy groups -OCH3 is 2. The first-order valence-corrected chi connectivity index (χ1v) is 7.11. The van der Waals surface area contributed by atoms with Crippen LogP contribution in [0.15, 0.2) is 12.1 Å². The molecule has 1 aromatic carbocycles. The van der Waals surface area contributed by atoms with Gasteiger partial charge in [0.25, 0.3) is 5.91 Å². The lowest BCUT2D eigenvalue weighted by Crippen LogP contribution is -2.32. The van der Waals surface area contributed by atoms with Crippen molar-refractivity contribution in [2.24, 2.45) is 5.73 Å². The van der Waals surface area contributed by atoms with Gasteiger partial charge in [-0.1, -0.05) is 0 Å². The largest absolute Gasteiger partial charge is 0.493 e. The normalized spacial score (nSPS) is 17.6. The van der Waals surface area contributed by atoms with Gasteiger partial charge in [0.1, 0.15) is 0 Å². The standard InChI is InChI=1S/C13H17IN2O3.ClH/c1-18-11-5-9(10(14)6-12(11)19-2)13(17)16-4-3-8(15)7-16;/h5-6,8H,3-4,7,15H2,1-2H3;1H/t8-;/m1./s1. The van der Waals surface area contributed by atoms with Gasteiger partial charge >= 0.3 is 0 Å². The SMILES string of the molecule is COc1cc(I)c(C(=O)N2CC[C@@H](N)C2)cc1OC.Cl. The van der Waals surface area contributed by atoms with E-state index < -0.39 is 0 Å². The minimum absolute atomic E-state index is 0. The van der Waals surface area contributed by atoms with Crippen LogP contribution in [-0.4, -0.2) is 44.2 Å². The highest BCUT2D eigenvalue weighted by Crippen LogP contribution is 2.32. The topological polar surface area (TPSA) is 64.8 Å². The third-order valence-corrected chi connectivity index (χ3v) is 4.11. The number of nitrogens with zero attached hydrogens (tertiary/aromatic N) is 1. The van der Waals surface area contributed by atoms with E-state index in [1.54, 1.807) is 25.2 Å². The van der Waals surface area contributed by atoms with Gasteiger partial charge in [-0.2, -0.15) is 0 Å². The number of likely N-dealkylation sites (tertiary alicyclic amines) is 1. The molecule has 0 spiro atoms. The van der Waals surface area contributed by atoms with E-state index in [0.717, 1.165) is 9.99 Å². The maximum Gasteiger partial charge on any atom is 0.255 e. The summed E-state index contributed by atoms with van der Waals surface area (Å²) in [6.45, 7) is 1.33. The summed E-state index contributed by atoms with van der Waals surface area (Å²) in [5.41, 5.74) is 6.47. The van der Waals surface area contributed by atoms with Crippen LogP contribution in [0.5, 0.6) is 11.5 Å². The number of benzene rings is 1. The quantitative estimate of drug-likeness (QED) is 0.770. The second-order valence-electron chi connectivity index (χ2n) is 4.49. The molecule has 0 aliphatic carbocycles. The van der Waals surface area contributed by atoms with Gasteiger partial charge < -0.3 is 20.1 Å². The lowest BCUT2D eigenvalue weighted by Gasteiger charge is -2.18. The number of hydrogen-bond acceptors (Lipinski definition) is 4. The van der Waals surface area contributed by atoms with E-state index in [9.17, 15) is 4.79 Å². The molecular formula is C13H18ClIN2O3. The molecule has 0 unspecified atom stereocenters. The summed E-state index contributed by atoms with van der Waals surface area (Å²) in [7, 11) is 3.14. The number of nitrogens with two attached hydrogens (primary N) is 1. The predicted molar refractivity (Wildman–Crippen MR) is 88.0 cm³/mol. The summed E-state index contributed by atoms with van der Waals surface area (Å²) in [4.78, 5) is 14.2. The Morgan fingerprint density at radius 2 is 1.95 bits per heavy atom. The van der Waals surface area contributed by atoms with E-state index in [4.69, 9.17) is 15.2 Å². The molecule has 0 saturated carbocycles. The fourth-order valence-electron chi connectivity index (χ4n) is 2.16. The molecule has 2 N–H and O–H groups in total. The lowest BCUT2D eigenvalue weighted by atomic mass is 10.1. The Bertz CT molecular complexity index is 499. The first-order valence-electron chi connectivity index (χ1n) is 6.03. The Labute approximate surface area is 138 Å². The average Bonchev–Trinajstić information content (AvgIpc) is 2.84. The van der Waals surface area contributed by atoms with Gasteiger partial charge in [0.05, 0.1) is 19.8 Å². The molecule has 1 heterocycles. The van der Waals surface area contributed by atoms with E-state index in [1.807, 2.05) is 6.07 Å². The van der Waals surface area contributed by atoms with Crippen LogP contribution in [0.25, 0.3) is 0 Å². The summed E-state index contributed by atoms with van der Waals surface area (Å²) in [5, 5.41) is 0. The summed E-state index contributed by atoms with van der Waals surface area (Å²) >= 11 is 2.13. The molecule has 1 saturated heterocycles. The minimum atomic E-state index is -0.00157. The van der Waals surface area contributed by atoms with E-state index in [-0.39, 0.29) is 24.4 Å². The molecule has 0 bridgehead atoms. The molecule has 5 nitrogen and oxygen atoms in total. The van der Waals surface area contributed by atoms with Crippen LogP contribution in [0.2, 0.25) is 0 Å². The van der Waals surface area contributed by atoms with Crippen LogP contribution < -0.4 is 15.2 Å². The molecule has 1 atom stereocenters. The maximum absolute atomic E-state index is 12.5. The molecule has 0 aromatic heterocycles. The monoisotopic (exact) mass is 412 g/mol. The van der Waals surface area contributed by atoms with Gasteiger partial charge in [-0.3, -0.25) is 4.79 Å². The van der Waals surface area contributed by atoms with Crippen molar-refractivity contribution in [3.63, 3.8) is 0 Å². The van der Waals surface area contributed by atoms with Gasteiger partial charge in [0.2, 0.25) is 0 Å². The minimum Gasteiger partial charge on any atom is -0.493 e. The number of carbonyl (C=O) groups is 1. The zero-order chi connectivity index (χ0) is 14.0. The van der Waals surface area contributed by atoms with E-state index in [0.29, 0.717) is 30.2 Å². The molecule has 2 rings (SSSR count). The van der Waals surface area contributed by atoms with Crippen LogP contribution in [0, 0.1) is 3.57 Å². The lowest BCUT2D eigenvalue weighted by molar-refractivity contribution is 0.0789. The third-order valence-electron chi connectivity index (χ3n) is 3.22. The summed E-state index contributed by atoms with van der Waals surface area (Å²) in [5.74, 6) is 1.19. The molecule has 1 amide bonds. The number of rotatable bonds is 3. The molecule has 7 heteroatoms. The van der Waals surface area contributed by atoms with Crippen LogP contribution in [0.3, 0.4) is 0 Å². The molecule has 1 aliphatic heterocycles. The van der Waals surface area contributed by atoms with Gasteiger partial charge in [0.15, 0.2) is 11.5 Å². The van der Waals surface area contributed by atoms with E-state index >= 15 is 0 Å². The molecular weight excluding hydrogens is 395 g/mol. The number of halogens is 2. The first kappa shape index (κ1) is 17.3. The molecule has 1 aliphatic rings. The van der Waals surface area contributed by atoms with Crippen molar-refractivity contribution in [3.8, 4) is 11.5 Å². The Hall–Kier alpha value is -0.730. The third kappa shape index (κ3) is 3.48. The van der Waals surface area contributed by atoms with Gasteiger partial charge in [-0.15, -0.1) is 12.4 Å². The van der Waals surface area contributed by atoms with E-state index in [1.165, 1.54) is 0 Å². The van der Waals surface area contributed by atoms with Crippen molar-refractivity contribution in [1.29, 1.82) is 0 Å². The summed E-state index contributed by atoms with van der Waals surface area (Å²) < 4.78 is 11.3. The number of ether oxygens (including phenoxy) is 2. The Kier molecular flexibility index (Phi) is 6.35. The van der Waals surface area contributed by atoms with Gasteiger partial charge in [0, 0.05) is 22.7 Å².